The van der Waals surface area contributed by atoms with E-state index in [0.29, 0.717) is 38.4 Å². The van der Waals surface area contributed by atoms with Gasteiger partial charge < -0.3 is 20.5 Å². The van der Waals surface area contributed by atoms with Gasteiger partial charge in [-0.25, -0.2) is 9.97 Å². The van der Waals surface area contributed by atoms with E-state index in [9.17, 15) is 14.7 Å². The van der Waals surface area contributed by atoms with Gasteiger partial charge in [0.2, 0.25) is 11.5 Å². The van der Waals surface area contributed by atoms with Gasteiger partial charge in [-0.15, -0.1) is 0 Å². The first-order valence-electron chi connectivity index (χ1n) is 10.8. The maximum Gasteiger partial charge on any atom is 0.227 e. The summed E-state index contributed by atoms with van der Waals surface area (Å²) in [6.45, 7) is 3.29. The number of allylic oxidation sites excluding steroid dienone is 1. The molecule has 8 nitrogen and oxygen atoms in total. The van der Waals surface area contributed by atoms with Crippen molar-refractivity contribution in [1.29, 1.82) is 0 Å². The van der Waals surface area contributed by atoms with Crippen LogP contribution >= 0.6 is 35.0 Å². The minimum absolute atomic E-state index is 0.107. The van der Waals surface area contributed by atoms with Crippen LogP contribution in [0.3, 0.4) is 0 Å². The number of halogens is 2. The van der Waals surface area contributed by atoms with Gasteiger partial charge in [0.05, 0.1) is 22.2 Å². The Kier molecular flexibility index (Phi) is 9.72. The van der Waals surface area contributed by atoms with E-state index in [1.807, 2.05) is 0 Å². The number of aliphatic hydroxyl groups excluding tert-OH is 1. The van der Waals surface area contributed by atoms with Crippen LogP contribution in [0.1, 0.15) is 35.1 Å². The summed E-state index contributed by atoms with van der Waals surface area (Å²) < 4.78 is 5.91. The number of carbonyl (C=O) groups excluding carboxylic acids is 2. The Morgan fingerprint density at radius 2 is 1.89 bits per heavy atom. The maximum atomic E-state index is 13.3. The van der Waals surface area contributed by atoms with Crippen molar-refractivity contribution >= 4 is 52.3 Å². The predicted molar refractivity (Wildman–Crippen MR) is 142 cm³/mol. The molecule has 0 saturated carbocycles. The van der Waals surface area contributed by atoms with Crippen molar-refractivity contribution in [3.05, 3.63) is 86.3 Å². The van der Waals surface area contributed by atoms with Gasteiger partial charge in [-0.05, 0) is 49.9 Å². The molecule has 36 heavy (non-hydrogen) atoms. The number of benzene rings is 2. The topological polar surface area (TPSA) is 119 Å². The number of aryl methyl sites for hydroxylation is 1. The number of aromatic nitrogens is 2. The highest BCUT2D eigenvalue weighted by Gasteiger charge is 2.21. The van der Waals surface area contributed by atoms with Crippen molar-refractivity contribution in [2.75, 3.05) is 12.3 Å². The average Bonchev–Trinajstić information content (AvgIpc) is 2.85. The van der Waals surface area contributed by atoms with Gasteiger partial charge in [-0.2, -0.15) is 0 Å². The highest BCUT2D eigenvalue weighted by Crippen LogP contribution is 2.39. The van der Waals surface area contributed by atoms with Crippen LogP contribution in [0.15, 0.2) is 59.3 Å². The monoisotopic (exact) mass is 546 g/mol. The smallest absolute Gasteiger partial charge is 0.227 e. The first kappa shape index (κ1) is 27.5. The number of nitrogens with two attached hydrogens (primary N) is 1. The average molecular weight is 547 g/mol. The Balaban J connectivity index is 1.89. The van der Waals surface area contributed by atoms with E-state index >= 15 is 0 Å². The fourth-order valence-electron chi connectivity index (χ4n) is 3.20. The van der Waals surface area contributed by atoms with Crippen LogP contribution in [-0.2, 0) is 11.3 Å². The Morgan fingerprint density at radius 3 is 2.53 bits per heavy atom. The molecular weight excluding hydrogens is 523 g/mol. The molecule has 0 aliphatic heterocycles. The van der Waals surface area contributed by atoms with Crippen molar-refractivity contribution in [3.8, 4) is 11.5 Å². The van der Waals surface area contributed by atoms with Crippen molar-refractivity contribution in [2.24, 2.45) is 0 Å². The fraction of sp³-hybridized carbons (Fsp3) is 0.200. The summed E-state index contributed by atoms with van der Waals surface area (Å²) in [5.74, 6) is 1.28. The summed E-state index contributed by atoms with van der Waals surface area (Å²) in [7, 11) is 0. The second kappa shape index (κ2) is 12.7. The number of aliphatic hydroxyl groups is 1. The number of anilines is 1. The second-order valence-electron chi connectivity index (χ2n) is 7.58. The molecule has 1 amide bonds. The molecule has 0 saturated heterocycles. The minimum Gasteiger partial charge on any atom is -0.453 e. The lowest BCUT2D eigenvalue weighted by atomic mass is 10.2. The number of amides is 1. The molecule has 0 aliphatic rings. The summed E-state index contributed by atoms with van der Waals surface area (Å²) in [6, 6.07) is 11.6. The zero-order valence-electron chi connectivity index (χ0n) is 19.6. The van der Waals surface area contributed by atoms with Gasteiger partial charge in [0.25, 0.3) is 0 Å². The first-order chi connectivity index (χ1) is 17.2. The number of thioether (sulfide) groups is 1. The lowest BCUT2D eigenvalue weighted by Gasteiger charge is -2.22. The normalized spacial score (nSPS) is 11.6. The Bertz CT molecular complexity index is 1280. The molecule has 11 heteroatoms. The third kappa shape index (κ3) is 6.76. The van der Waals surface area contributed by atoms with E-state index in [1.54, 1.807) is 62.5 Å². The first-order valence-corrected chi connectivity index (χ1v) is 12.4. The molecule has 3 aromatic rings. The Hall–Kier alpha value is -3.11. The summed E-state index contributed by atoms with van der Waals surface area (Å²) in [6.07, 6.45) is 2.35. The zero-order chi connectivity index (χ0) is 26.2. The van der Waals surface area contributed by atoms with Crippen LogP contribution < -0.4 is 10.5 Å². The van der Waals surface area contributed by atoms with Gasteiger partial charge in [0, 0.05) is 35.4 Å². The summed E-state index contributed by atoms with van der Waals surface area (Å²) in [5.41, 5.74) is 7.30. The number of para-hydroxylation sites is 2. The van der Waals surface area contributed by atoms with Crippen molar-refractivity contribution < 1.29 is 19.4 Å². The third-order valence-electron chi connectivity index (χ3n) is 5.11. The van der Waals surface area contributed by atoms with Gasteiger partial charge >= 0.3 is 0 Å². The molecular formula is C25H24Cl2N4O4S. The van der Waals surface area contributed by atoms with E-state index in [2.05, 4.69) is 9.97 Å². The number of nitrogen functional groups attached to an aromatic ring is 1. The number of rotatable bonds is 10. The SMILES string of the molecule is C/C(=C(\CCO)SC(=O)c1ccccc1Oc1c(Cl)cccc1Cl)N(C=O)Cc1cnc(C)nc1N. The van der Waals surface area contributed by atoms with Crippen LogP contribution in [0.2, 0.25) is 10.0 Å². The van der Waals surface area contributed by atoms with E-state index in [1.165, 1.54) is 4.90 Å². The molecule has 0 atom stereocenters. The number of hydrogen-bond donors (Lipinski definition) is 2. The molecule has 0 aliphatic carbocycles. The molecule has 0 fully saturated rings. The highest BCUT2D eigenvalue weighted by molar-refractivity contribution is 8.17. The molecule has 1 aromatic heterocycles. The summed E-state index contributed by atoms with van der Waals surface area (Å²) in [4.78, 5) is 35.4. The quantitative estimate of drug-likeness (QED) is 0.315. The minimum atomic E-state index is -0.347. The lowest BCUT2D eigenvalue weighted by Crippen LogP contribution is -2.22. The largest absolute Gasteiger partial charge is 0.453 e. The van der Waals surface area contributed by atoms with Crippen molar-refractivity contribution in [2.45, 2.75) is 26.8 Å². The van der Waals surface area contributed by atoms with Gasteiger partial charge in [-0.3, -0.25) is 9.59 Å². The molecule has 0 unspecified atom stereocenters. The second-order valence-corrected chi connectivity index (χ2v) is 9.46. The molecule has 1 heterocycles. The van der Waals surface area contributed by atoms with E-state index < -0.39 is 0 Å². The third-order valence-corrected chi connectivity index (χ3v) is 6.86. The van der Waals surface area contributed by atoms with Crippen LogP contribution in [0.5, 0.6) is 11.5 Å². The summed E-state index contributed by atoms with van der Waals surface area (Å²) in [5, 5.41) is 9.89. The van der Waals surface area contributed by atoms with E-state index in [-0.39, 0.29) is 47.6 Å². The van der Waals surface area contributed by atoms with Gasteiger partial charge in [0.1, 0.15) is 17.4 Å². The molecule has 188 valence electrons. The van der Waals surface area contributed by atoms with E-state index in [4.69, 9.17) is 33.7 Å². The summed E-state index contributed by atoms with van der Waals surface area (Å²) >= 11 is 13.3. The number of carbonyl (C=O) groups is 2. The van der Waals surface area contributed by atoms with Gasteiger partial charge in [-0.1, -0.05) is 41.4 Å². The number of nitrogens with zero attached hydrogens (tertiary/aromatic N) is 3. The van der Waals surface area contributed by atoms with Crippen molar-refractivity contribution in [1.82, 2.24) is 14.9 Å². The molecule has 3 N–H and O–H groups in total. The Labute approximate surface area is 223 Å². The van der Waals surface area contributed by atoms with Gasteiger partial charge in [0.15, 0.2) is 5.75 Å². The number of ether oxygens (including phenoxy) is 1. The molecule has 2 aromatic carbocycles. The molecule has 0 spiro atoms. The van der Waals surface area contributed by atoms with Crippen LogP contribution in [0, 0.1) is 6.92 Å². The van der Waals surface area contributed by atoms with Crippen LogP contribution in [-0.4, -0.2) is 38.1 Å². The van der Waals surface area contributed by atoms with E-state index in [0.717, 1.165) is 11.8 Å². The number of hydrogen-bond acceptors (Lipinski definition) is 8. The molecule has 3 rings (SSSR count). The Morgan fingerprint density at radius 1 is 1.19 bits per heavy atom. The standard InChI is InChI=1S/C25H24Cl2N4O4S/c1-15(31(14-33)13-17-12-29-16(2)30-24(17)28)22(10-11-32)36-25(34)18-6-3-4-9-21(18)35-23-19(26)7-5-8-20(23)27/h3-9,12,14,32H,10-11,13H2,1-2H3,(H2,28,29,30)/b22-15-. The zero-order valence-corrected chi connectivity index (χ0v) is 21.9. The van der Waals surface area contributed by atoms with Crippen LogP contribution in [0.4, 0.5) is 5.82 Å². The molecule has 0 bridgehead atoms. The lowest BCUT2D eigenvalue weighted by molar-refractivity contribution is -0.116. The maximum absolute atomic E-state index is 13.3. The molecule has 0 radical (unpaired) electrons. The van der Waals surface area contributed by atoms with Crippen LogP contribution in [0.25, 0.3) is 0 Å². The highest BCUT2D eigenvalue weighted by atomic mass is 35.5. The predicted octanol–water partition coefficient (Wildman–Crippen LogP) is 5.61. The fourth-order valence-corrected chi connectivity index (χ4v) is 4.64. The van der Waals surface area contributed by atoms with Crippen molar-refractivity contribution in [3.63, 3.8) is 0 Å².